The Bertz CT molecular complexity index is 1970. The zero-order valence-corrected chi connectivity index (χ0v) is 32.1. The average Bonchev–Trinajstić information content (AvgIpc) is 3.59. The van der Waals surface area contributed by atoms with E-state index >= 15 is 0 Å². The van der Waals surface area contributed by atoms with Gasteiger partial charge in [-0.15, -0.1) is 0 Å². The Balaban J connectivity index is 2.11. The number of pyridine rings is 1. The summed E-state index contributed by atoms with van der Waals surface area (Å²) in [6, 6.07) is 8.97. The summed E-state index contributed by atoms with van der Waals surface area (Å²) in [7, 11) is -5.46. The number of benzene rings is 1. The van der Waals surface area contributed by atoms with Gasteiger partial charge in [-0.25, -0.2) is 23.2 Å². The fourth-order valence-corrected chi connectivity index (χ4v) is 11.2. The van der Waals surface area contributed by atoms with E-state index in [0.717, 1.165) is 17.2 Å². The zero-order chi connectivity index (χ0) is 35.1. The topological polar surface area (TPSA) is 143 Å². The monoisotopic (exact) mass is 696 g/mol. The third-order valence-corrected chi connectivity index (χ3v) is 14.6. The highest BCUT2D eigenvalue weighted by atomic mass is 32.2. The summed E-state index contributed by atoms with van der Waals surface area (Å²) in [6.45, 7) is 19.5. The molecule has 11 nitrogen and oxygen atoms in total. The minimum atomic E-state index is -3.89. The number of rotatable bonds is 13. The van der Waals surface area contributed by atoms with Crippen LogP contribution in [-0.2, 0) is 33.5 Å². The van der Waals surface area contributed by atoms with Gasteiger partial charge < -0.3 is 9.84 Å². The number of sulfonamides is 1. The number of hydrogen-bond donors (Lipinski definition) is 1. The van der Waals surface area contributed by atoms with Gasteiger partial charge in [-0.3, -0.25) is 9.13 Å². The molecule has 0 radical (unpaired) electrons. The van der Waals surface area contributed by atoms with Crippen molar-refractivity contribution in [3.05, 3.63) is 58.7 Å². The Morgan fingerprint density at radius 2 is 1.81 bits per heavy atom. The summed E-state index contributed by atoms with van der Waals surface area (Å²) in [5, 5.41) is 20.4. The number of ether oxygens (including phenoxy) is 1. The maximum Gasteiger partial charge on any atom is 0.416 e. The Morgan fingerprint density at radius 3 is 2.38 bits per heavy atom. The number of hydrogen-bond acceptors (Lipinski definition) is 7. The van der Waals surface area contributed by atoms with Crippen molar-refractivity contribution < 1.29 is 23.1 Å². The highest BCUT2D eigenvalue weighted by molar-refractivity contribution is 7.89. The highest BCUT2D eigenvalue weighted by Gasteiger charge is 2.47. The first-order valence-corrected chi connectivity index (χ1v) is 25.0. The van der Waals surface area contributed by atoms with Crippen molar-refractivity contribution in [2.75, 3.05) is 19.4 Å². The SMILES string of the molecule is CCc1cc(C)c2c(ccn2C(=O)O)c1C(C)(c1nc2cc(C#N)cnc2n1COCC[Si](C)(C)C)N(C)S(=O)(=O)CC[Si](C)(C)C. The Morgan fingerprint density at radius 1 is 1.15 bits per heavy atom. The van der Waals surface area contributed by atoms with Gasteiger partial charge in [0, 0.05) is 47.6 Å². The maximum atomic E-state index is 14.4. The van der Waals surface area contributed by atoms with Gasteiger partial charge >= 0.3 is 6.09 Å². The van der Waals surface area contributed by atoms with Crippen molar-refractivity contribution in [3.8, 4) is 6.07 Å². The summed E-state index contributed by atoms with van der Waals surface area (Å²) in [4.78, 5) is 22.0. The van der Waals surface area contributed by atoms with E-state index in [-0.39, 0.29) is 12.5 Å². The molecular weight excluding hydrogens is 649 g/mol. The molecule has 0 aliphatic heterocycles. The molecule has 14 heteroatoms. The van der Waals surface area contributed by atoms with Crippen molar-refractivity contribution in [2.24, 2.45) is 0 Å². The molecule has 1 atom stereocenters. The van der Waals surface area contributed by atoms with E-state index in [4.69, 9.17) is 9.72 Å². The first kappa shape index (κ1) is 36.5. The van der Waals surface area contributed by atoms with Crippen LogP contribution in [0.25, 0.3) is 22.1 Å². The van der Waals surface area contributed by atoms with Gasteiger partial charge in [0.05, 0.1) is 16.8 Å². The molecule has 1 aromatic carbocycles. The molecule has 0 fully saturated rings. The molecule has 3 aromatic heterocycles. The molecule has 4 aromatic rings. The number of carboxylic acid groups (broad SMARTS) is 1. The number of nitriles is 1. The van der Waals surface area contributed by atoms with Gasteiger partial charge in [-0.05, 0) is 61.2 Å². The van der Waals surface area contributed by atoms with E-state index in [2.05, 4.69) is 50.3 Å². The summed E-state index contributed by atoms with van der Waals surface area (Å²) in [5.41, 5.74) is 2.58. The third kappa shape index (κ3) is 7.39. The smallest absolute Gasteiger partial charge is 0.416 e. The number of aryl methyl sites for hydroxylation is 2. The van der Waals surface area contributed by atoms with E-state index in [1.54, 1.807) is 19.2 Å². The van der Waals surface area contributed by atoms with E-state index < -0.39 is 37.8 Å². The van der Waals surface area contributed by atoms with Crippen LogP contribution in [0.2, 0.25) is 51.4 Å². The van der Waals surface area contributed by atoms with Gasteiger partial charge in [0.1, 0.15) is 29.7 Å². The van der Waals surface area contributed by atoms with E-state index in [1.807, 2.05) is 31.4 Å². The van der Waals surface area contributed by atoms with E-state index in [1.165, 1.54) is 21.3 Å². The molecule has 47 heavy (non-hydrogen) atoms. The second-order valence-electron chi connectivity index (χ2n) is 14.9. The molecule has 0 bridgehead atoms. The molecule has 4 rings (SSSR count). The van der Waals surface area contributed by atoms with Gasteiger partial charge in [0.25, 0.3) is 0 Å². The minimum absolute atomic E-state index is 0.0365. The highest BCUT2D eigenvalue weighted by Crippen LogP contribution is 2.44. The molecular formula is C33H48N6O5SSi2. The molecule has 0 saturated carbocycles. The Kier molecular flexibility index (Phi) is 10.3. The fourth-order valence-electron chi connectivity index (χ4n) is 5.98. The number of nitrogens with zero attached hydrogens (tertiary/aromatic N) is 6. The lowest BCUT2D eigenvalue weighted by molar-refractivity contribution is 0.0826. The van der Waals surface area contributed by atoms with Crippen LogP contribution in [0.1, 0.15) is 41.9 Å². The number of carbonyl (C=O) groups is 1. The predicted molar refractivity (Wildman–Crippen MR) is 192 cm³/mol. The van der Waals surface area contributed by atoms with Crippen molar-refractivity contribution >= 4 is 54.3 Å². The second kappa shape index (κ2) is 13.3. The molecule has 0 saturated heterocycles. The standard InChI is InChI=1S/C33H48N6O5SSi2/c1-11-25-18-23(2)29-26(12-13-38(29)32(40)41)28(25)33(3,37(4)45(42,43)15-17-47(8,9)10)31-36-27-19-24(20-34)21-35-30(27)39(31)22-44-14-16-46(5,6)7/h12-13,18-19,21H,11,14-17,22H2,1-10H3,(H,40,41). The molecule has 0 amide bonds. The van der Waals surface area contributed by atoms with Crippen molar-refractivity contribution in [1.82, 2.24) is 23.4 Å². The summed E-state index contributed by atoms with van der Waals surface area (Å²) < 4.78 is 39.5. The Hall–Kier alpha value is -3.36. The minimum Gasteiger partial charge on any atom is -0.464 e. The summed E-state index contributed by atoms with van der Waals surface area (Å²) in [6.07, 6.45) is 2.42. The van der Waals surface area contributed by atoms with Crippen LogP contribution in [0.15, 0.2) is 30.6 Å². The molecule has 1 N–H and O–H groups in total. The third-order valence-electron chi connectivity index (χ3n) is 8.84. The van der Waals surface area contributed by atoms with Crippen LogP contribution < -0.4 is 0 Å². The quantitative estimate of drug-likeness (QED) is 0.118. The maximum absolute atomic E-state index is 14.4. The van der Waals surface area contributed by atoms with Crippen LogP contribution in [0.4, 0.5) is 4.79 Å². The zero-order valence-electron chi connectivity index (χ0n) is 29.3. The van der Waals surface area contributed by atoms with Gasteiger partial charge in [-0.2, -0.15) is 9.57 Å². The first-order valence-electron chi connectivity index (χ1n) is 15.9. The summed E-state index contributed by atoms with van der Waals surface area (Å²) in [5.74, 6) is 0.343. The number of fused-ring (bicyclic) bond motifs is 2. The van der Waals surface area contributed by atoms with Crippen LogP contribution in [0.5, 0.6) is 0 Å². The lowest BCUT2D eigenvalue weighted by atomic mass is 9.83. The van der Waals surface area contributed by atoms with Crippen LogP contribution in [0, 0.1) is 18.3 Å². The van der Waals surface area contributed by atoms with Crippen molar-refractivity contribution in [2.45, 2.75) is 90.8 Å². The van der Waals surface area contributed by atoms with Crippen molar-refractivity contribution in [3.63, 3.8) is 0 Å². The van der Waals surface area contributed by atoms with Gasteiger partial charge in [0.15, 0.2) is 5.65 Å². The molecule has 0 aliphatic rings. The summed E-state index contributed by atoms with van der Waals surface area (Å²) >= 11 is 0. The number of aromatic nitrogens is 4. The largest absolute Gasteiger partial charge is 0.464 e. The molecule has 1 unspecified atom stereocenters. The fraction of sp³-hybridized carbons (Fsp3) is 0.515. The molecule has 0 spiro atoms. The lowest BCUT2D eigenvalue weighted by Crippen LogP contribution is -2.49. The van der Waals surface area contributed by atoms with E-state index in [9.17, 15) is 23.6 Å². The second-order valence-corrected chi connectivity index (χ2v) is 28.2. The molecule has 3 heterocycles. The van der Waals surface area contributed by atoms with Crippen LogP contribution in [-0.4, -0.2) is 78.6 Å². The van der Waals surface area contributed by atoms with Crippen molar-refractivity contribution in [1.29, 1.82) is 5.26 Å². The van der Waals surface area contributed by atoms with Crippen LogP contribution in [0.3, 0.4) is 0 Å². The molecule has 0 aliphatic carbocycles. The Labute approximate surface area is 280 Å². The normalized spacial score (nSPS) is 14.2. The predicted octanol–water partition coefficient (Wildman–Crippen LogP) is 6.83. The average molecular weight is 697 g/mol. The van der Waals surface area contributed by atoms with Gasteiger partial charge in [0.2, 0.25) is 10.0 Å². The number of imidazole rings is 1. The lowest BCUT2D eigenvalue weighted by Gasteiger charge is -2.40. The molecule has 254 valence electrons. The van der Waals surface area contributed by atoms with Gasteiger partial charge in [-0.1, -0.05) is 52.3 Å². The first-order chi connectivity index (χ1) is 21.7. The van der Waals surface area contributed by atoms with E-state index in [0.29, 0.717) is 58.1 Å². The van der Waals surface area contributed by atoms with Crippen LogP contribution >= 0.6 is 0 Å².